The highest BCUT2D eigenvalue weighted by Crippen LogP contribution is 2.16. The van der Waals surface area contributed by atoms with Gasteiger partial charge in [0.2, 0.25) is 0 Å². The highest BCUT2D eigenvalue weighted by Gasteiger charge is 2.19. The van der Waals surface area contributed by atoms with Crippen LogP contribution in [0.1, 0.15) is 37.8 Å². The zero-order valence-electron chi connectivity index (χ0n) is 23.2. The van der Waals surface area contributed by atoms with E-state index in [9.17, 15) is 19.8 Å². The van der Waals surface area contributed by atoms with Crippen LogP contribution >= 0.6 is 12.4 Å². The van der Waals surface area contributed by atoms with Crippen molar-refractivity contribution in [3.05, 3.63) is 59.7 Å². The Morgan fingerprint density at radius 3 is 1.38 bits per heavy atom. The van der Waals surface area contributed by atoms with Gasteiger partial charge in [0, 0.05) is 32.0 Å². The summed E-state index contributed by atoms with van der Waals surface area (Å²) in [4.78, 5) is 24.5. The van der Waals surface area contributed by atoms with E-state index < -0.39 is 12.2 Å². The van der Waals surface area contributed by atoms with Gasteiger partial charge < -0.3 is 29.2 Å². The third kappa shape index (κ3) is 13.7. The fourth-order valence-electron chi connectivity index (χ4n) is 3.73. The second-order valence-electron chi connectivity index (χ2n) is 9.42. The number of methoxy groups -OCH3 is 2. The molecule has 9 nitrogen and oxygen atoms in total. The van der Waals surface area contributed by atoms with E-state index in [0.717, 1.165) is 11.1 Å². The predicted molar refractivity (Wildman–Crippen MR) is 151 cm³/mol. The Labute approximate surface area is 237 Å². The first-order chi connectivity index (χ1) is 18.2. The average Bonchev–Trinajstić information content (AvgIpc) is 2.92. The van der Waals surface area contributed by atoms with Crippen molar-refractivity contribution < 1.29 is 38.7 Å². The molecule has 0 heterocycles. The van der Waals surface area contributed by atoms with Crippen LogP contribution in [0.2, 0.25) is 0 Å². The van der Waals surface area contributed by atoms with Gasteiger partial charge in [0.15, 0.2) is 0 Å². The summed E-state index contributed by atoms with van der Waals surface area (Å²) >= 11 is 0. The van der Waals surface area contributed by atoms with E-state index in [0.29, 0.717) is 50.3 Å². The van der Waals surface area contributed by atoms with Gasteiger partial charge in [0.25, 0.3) is 0 Å². The van der Waals surface area contributed by atoms with Crippen LogP contribution in [0.4, 0.5) is 0 Å². The topological polar surface area (TPSA) is 115 Å². The summed E-state index contributed by atoms with van der Waals surface area (Å²) in [6.45, 7) is 4.89. The van der Waals surface area contributed by atoms with Gasteiger partial charge in [-0.1, -0.05) is 24.3 Å². The summed E-state index contributed by atoms with van der Waals surface area (Å²) in [5.41, 5.74) is 2.00. The highest BCUT2D eigenvalue weighted by molar-refractivity contribution is 5.85. The monoisotopic (exact) mass is 567 g/mol. The normalized spacial score (nSPS) is 12.4. The van der Waals surface area contributed by atoms with Crippen molar-refractivity contribution >= 4 is 24.3 Å². The molecule has 39 heavy (non-hydrogen) atoms. The molecule has 2 atom stereocenters. The second-order valence-corrected chi connectivity index (χ2v) is 9.42. The smallest absolute Gasteiger partial charge is 0.305 e. The minimum Gasteiger partial charge on any atom is -0.491 e. The number of carbonyl (C=O) groups excluding carboxylic acids is 2. The molecule has 2 unspecified atom stereocenters. The number of halogens is 1. The van der Waals surface area contributed by atoms with Crippen LogP contribution in [-0.4, -0.2) is 85.8 Å². The Morgan fingerprint density at radius 1 is 0.718 bits per heavy atom. The van der Waals surface area contributed by atoms with Gasteiger partial charge in [-0.25, -0.2) is 0 Å². The van der Waals surface area contributed by atoms with Gasteiger partial charge in [0.1, 0.15) is 36.9 Å². The molecule has 218 valence electrons. The molecule has 0 spiro atoms. The SMILES string of the molecule is COC(=O)CCc1ccc(OCC(O)CN(CC(O)COc2ccc(CCC(=O)OC)cc2)C(C)C)cc1.Cl. The van der Waals surface area contributed by atoms with Crippen LogP contribution in [0.3, 0.4) is 0 Å². The van der Waals surface area contributed by atoms with E-state index in [1.807, 2.05) is 67.3 Å². The number of nitrogens with zero attached hydrogens (tertiary/aromatic N) is 1. The fraction of sp³-hybridized carbons (Fsp3) is 0.517. The number of aliphatic hydroxyl groups excluding tert-OH is 2. The van der Waals surface area contributed by atoms with Crippen LogP contribution in [0.25, 0.3) is 0 Å². The lowest BCUT2D eigenvalue weighted by atomic mass is 10.1. The van der Waals surface area contributed by atoms with Crippen molar-refractivity contribution in [2.24, 2.45) is 0 Å². The Balaban J connectivity index is 0.00000760. The van der Waals surface area contributed by atoms with Gasteiger partial charge in [0.05, 0.1) is 14.2 Å². The van der Waals surface area contributed by atoms with E-state index in [2.05, 4.69) is 9.47 Å². The number of aliphatic hydroxyl groups is 2. The van der Waals surface area contributed by atoms with E-state index in [-0.39, 0.29) is 43.6 Å². The fourth-order valence-corrected chi connectivity index (χ4v) is 3.73. The molecule has 0 radical (unpaired) electrons. The van der Waals surface area contributed by atoms with Gasteiger partial charge in [-0.2, -0.15) is 0 Å². The molecule has 0 aliphatic rings. The Kier molecular flexibility index (Phi) is 16.2. The zero-order valence-corrected chi connectivity index (χ0v) is 24.0. The molecular formula is C29H42ClNO8. The molecule has 0 amide bonds. The molecule has 0 aromatic heterocycles. The molecule has 0 saturated heterocycles. The lowest BCUT2D eigenvalue weighted by molar-refractivity contribution is -0.141. The largest absolute Gasteiger partial charge is 0.491 e. The molecule has 2 N–H and O–H groups in total. The summed E-state index contributed by atoms with van der Waals surface area (Å²) in [5.74, 6) is 0.767. The molecule has 2 rings (SSSR count). The van der Waals surface area contributed by atoms with Crippen LogP contribution < -0.4 is 9.47 Å². The lowest BCUT2D eigenvalue weighted by Gasteiger charge is -2.30. The van der Waals surface area contributed by atoms with Crippen LogP contribution in [-0.2, 0) is 31.9 Å². The molecule has 0 aliphatic carbocycles. The van der Waals surface area contributed by atoms with Crippen LogP contribution in [0, 0.1) is 0 Å². The van der Waals surface area contributed by atoms with Crippen LogP contribution in [0.5, 0.6) is 11.5 Å². The summed E-state index contributed by atoms with van der Waals surface area (Å²) < 4.78 is 20.8. The maximum absolute atomic E-state index is 11.3. The third-order valence-corrected chi connectivity index (χ3v) is 6.04. The van der Waals surface area contributed by atoms with E-state index in [4.69, 9.17) is 9.47 Å². The number of hydrogen-bond donors (Lipinski definition) is 2. The number of esters is 2. The first-order valence-electron chi connectivity index (χ1n) is 12.9. The third-order valence-electron chi connectivity index (χ3n) is 6.04. The average molecular weight is 568 g/mol. The second kappa shape index (κ2) is 18.4. The van der Waals surface area contributed by atoms with E-state index in [1.54, 1.807) is 0 Å². The maximum atomic E-state index is 11.3. The Bertz CT molecular complexity index is 893. The van der Waals surface area contributed by atoms with Crippen LogP contribution in [0.15, 0.2) is 48.5 Å². The highest BCUT2D eigenvalue weighted by atomic mass is 35.5. The van der Waals surface area contributed by atoms with Crippen molar-refractivity contribution in [2.45, 2.75) is 57.8 Å². The summed E-state index contributed by atoms with van der Waals surface area (Å²) in [6, 6.07) is 14.9. The number of aryl methyl sites for hydroxylation is 2. The molecule has 0 saturated carbocycles. The molecule has 0 bridgehead atoms. The minimum absolute atomic E-state index is 0. The summed E-state index contributed by atoms with van der Waals surface area (Å²) in [6.07, 6.45) is 0.328. The van der Waals surface area contributed by atoms with E-state index in [1.165, 1.54) is 14.2 Å². The van der Waals surface area contributed by atoms with Crippen molar-refractivity contribution in [3.63, 3.8) is 0 Å². The molecule has 0 aliphatic heterocycles. The Morgan fingerprint density at radius 2 is 1.08 bits per heavy atom. The summed E-state index contributed by atoms with van der Waals surface area (Å²) in [5, 5.41) is 21.1. The predicted octanol–water partition coefficient (Wildman–Crippen LogP) is 3.21. The standard InChI is InChI=1S/C29H41NO8.ClH/c1-21(2)30(17-24(31)19-37-26-11-5-22(6-12-26)9-15-28(33)35-3)18-25(32)20-38-27-13-7-23(8-14-27)10-16-29(34)36-4;/h5-8,11-14,21,24-25,31-32H,9-10,15-20H2,1-4H3;1H. The van der Waals surface area contributed by atoms with Gasteiger partial charge in [-0.05, 0) is 62.1 Å². The lowest BCUT2D eigenvalue weighted by Crippen LogP contribution is -2.45. The zero-order chi connectivity index (χ0) is 27.9. The number of rotatable bonds is 17. The van der Waals surface area contributed by atoms with Crippen molar-refractivity contribution in [1.82, 2.24) is 4.90 Å². The quantitative estimate of drug-likeness (QED) is 0.278. The van der Waals surface area contributed by atoms with Gasteiger partial charge in [-0.3, -0.25) is 14.5 Å². The molecular weight excluding hydrogens is 526 g/mol. The summed E-state index contributed by atoms with van der Waals surface area (Å²) in [7, 11) is 2.75. The van der Waals surface area contributed by atoms with Gasteiger partial charge >= 0.3 is 11.9 Å². The van der Waals surface area contributed by atoms with Crippen molar-refractivity contribution in [1.29, 1.82) is 0 Å². The number of benzene rings is 2. The minimum atomic E-state index is -0.748. The molecule has 10 heteroatoms. The maximum Gasteiger partial charge on any atom is 0.305 e. The molecule has 0 fully saturated rings. The van der Waals surface area contributed by atoms with E-state index >= 15 is 0 Å². The van der Waals surface area contributed by atoms with Crippen molar-refractivity contribution in [2.75, 3.05) is 40.5 Å². The Hall–Kier alpha value is -2.85. The molecule has 2 aromatic rings. The number of hydrogen-bond acceptors (Lipinski definition) is 9. The van der Waals surface area contributed by atoms with Crippen molar-refractivity contribution in [3.8, 4) is 11.5 Å². The van der Waals surface area contributed by atoms with Gasteiger partial charge in [-0.15, -0.1) is 12.4 Å². The molecule has 2 aromatic carbocycles. The number of carbonyl (C=O) groups is 2. The first kappa shape index (κ1) is 34.2. The first-order valence-corrected chi connectivity index (χ1v) is 12.9. The number of ether oxygens (including phenoxy) is 4.